The highest BCUT2D eigenvalue weighted by Crippen LogP contribution is 2.12. The normalized spacial score (nSPS) is 18.0. The number of nitrogens with zero attached hydrogens (tertiary/aromatic N) is 3. The summed E-state index contributed by atoms with van der Waals surface area (Å²) in [5.41, 5.74) is 1.03. The topological polar surface area (TPSA) is 70.0 Å². The van der Waals surface area contributed by atoms with Gasteiger partial charge in [0.1, 0.15) is 0 Å². The first-order valence-electron chi connectivity index (χ1n) is 7.91. The third-order valence-corrected chi connectivity index (χ3v) is 3.36. The molecule has 7 heteroatoms. The summed E-state index contributed by atoms with van der Waals surface area (Å²) in [4.78, 5) is 11.0. The lowest BCUT2D eigenvalue weighted by Gasteiger charge is -2.20. The molecule has 1 fully saturated rings. The van der Waals surface area contributed by atoms with E-state index in [0.29, 0.717) is 19.0 Å². The zero-order valence-electron chi connectivity index (χ0n) is 14.0. The standard InChI is InChI=1S/C16H26N4O2.HI/c1-4-17-16(20-8-7-14(21)11-20)19-10-13-5-6-15(18-9-13)22-12(2)3;/h5-6,9,12,14,21H,4,7-8,10-11H2,1-3H3,(H,17,19);1H/t14-;/m1./s1. The third kappa shape index (κ3) is 6.50. The molecule has 0 saturated carbocycles. The number of likely N-dealkylation sites (tertiary alicyclic amines) is 1. The molecular formula is C16H27IN4O2. The fraction of sp³-hybridized carbons (Fsp3) is 0.625. The summed E-state index contributed by atoms with van der Waals surface area (Å²) >= 11 is 0. The lowest BCUT2D eigenvalue weighted by Crippen LogP contribution is -2.40. The van der Waals surface area contributed by atoms with E-state index >= 15 is 0 Å². The van der Waals surface area contributed by atoms with Gasteiger partial charge in [-0.05, 0) is 32.8 Å². The van der Waals surface area contributed by atoms with Crippen molar-refractivity contribution in [3.05, 3.63) is 23.9 Å². The summed E-state index contributed by atoms with van der Waals surface area (Å²) < 4.78 is 5.53. The number of halogens is 1. The van der Waals surface area contributed by atoms with Crippen molar-refractivity contribution >= 4 is 29.9 Å². The Bertz CT molecular complexity index is 493. The van der Waals surface area contributed by atoms with Gasteiger partial charge in [-0.2, -0.15) is 0 Å². The SMILES string of the molecule is CCNC(=NCc1ccc(OC(C)C)nc1)N1CC[C@@H](O)C1.I. The van der Waals surface area contributed by atoms with E-state index in [1.807, 2.05) is 32.9 Å². The number of pyridine rings is 1. The van der Waals surface area contributed by atoms with Crippen LogP contribution in [0.3, 0.4) is 0 Å². The molecule has 0 aromatic carbocycles. The van der Waals surface area contributed by atoms with Crippen LogP contribution in [0.2, 0.25) is 0 Å². The zero-order valence-corrected chi connectivity index (χ0v) is 16.4. The maximum atomic E-state index is 9.66. The fourth-order valence-corrected chi connectivity index (χ4v) is 2.34. The highest BCUT2D eigenvalue weighted by atomic mass is 127. The van der Waals surface area contributed by atoms with E-state index < -0.39 is 0 Å². The molecule has 2 N–H and O–H groups in total. The Morgan fingerprint density at radius 2 is 2.30 bits per heavy atom. The van der Waals surface area contributed by atoms with Crippen LogP contribution in [0.15, 0.2) is 23.3 Å². The molecule has 0 bridgehead atoms. The number of hydrogen-bond acceptors (Lipinski definition) is 4. The number of nitrogens with one attached hydrogen (secondary N) is 1. The van der Waals surface area contributed by atoms with Crippen LogP contribution in [0.5, 0.6) is 5.88 Å². The van der Waals surface area contributed by atoms with Crippen LogP contribution in [0.25, 0.3) is 0 Å². The molecule has 0 spiro atoms. The van der Waals surface area contributed by atoms with Crippen molar-refractivity contribution in [3.63, 3.8) is 0 Å². The minimum atomic E-state index is -0.252. The van der Waals surface area contributed by atoms with Crippen molar-refractivity contribution in [2.45, 2.75) is 45.9 Å². The molecule has 0 unspecified atom stereocenters. The molecule has 1 aromatic heterocycles. The third-order valence-electron chi connectivity index (χ3n) is 3.36. The molecule has 1 saturated heterocycles. The number of rotatable bonds is 5. The molecule has 2 heterocycles. The van der Waals surface area contributed by atoms with Crippen LogP contribution < -0.4 is 10.1 Å². The highest BCUT2D eigenvalue weighted by molar-refractivity contribution is 14.0. The van der Waals surface area contributed by atoms with Crippen molar-refractivity contribution in [1.29, 1.82) is 0 Å². The van der Waals surface area contributed by atoms with Crippen molar-refractivity contribution in [2.24, 2.45) is 4.99 Å². The van der Waals surface area contributed by atoms with E-state index in [1.54, 1.807) is 6.20 Å². The number of aliphatic hydroxyl groups excluding tert-OH is 1. The molecular weight excluding hydrogens is 407 g/mol. The summed E-state index contributed by atoms with van der Waals surface area (Å²) in [6.07, 6.45) is 2.47. The van der Waals surface area contributed by atoms with Crippen LogP contribution in [0.4, 0.5) is 0 Å². The lowest BCUT2D eigenvalue weighted by molar-refractivity contribution is 0.188. The molecule has 1 aliphatic heterocycles. The number of aliphatic imine (C=N–C) groups is 1. The largest absolute Gasteiger partial charge is 0.475 e. The van der Waals surface area contributed by atoms with Gasteiger partial charge in [0.2, 0.25) is 5.88 Å². The second-order valence-electron chi connectivity index (χ2n) is 5.73. The number of aliphatic hydroxyl groups is 1. The average molecular weight is 434 g/mol. The molecule has 0 amide bonds. The fourth-order valence-electron chi connectivity index (χ4n) is 2.34. The van der Waals surface area contributed by atoms with Gasteiger partial charge in [0.05, 0.1) is 18.8 Å². The molecule has 1 atom stereocenters. The van der Waals surface area contributed by atoms with E-state index in [9.17, 15) is 5.11 Å². The van der Waals surface area contributed by atoms with Crippen LogP contribution in [0.1, 0.15) is 32.8 Å². The smallest absolute Gasteiger partial charge is 0.213 e. The average Bonchev–Trinajstić information content (AvgIpc) is 2.91. The first-order valence-corrected chi connectivity index (χ1v) is 7.91. The van der Waals surface area contributed by atoms with Gasteiger partial charge in [-0.25, -0.2) is 9.98 Å². The maximum Gasteiger partial charge on any atom is 0.213 e. The van der Waals surface area contributed by atoms with Gasteiger partial charge < -0.3 is 20.1 Å². The summed E-state index contributed by atoms with van der Waals surface area (Å²) in [5, 5.41) is 12.9. The van der Waals surface area contributed by atoms with Crippen LogP contribution in [-0.4, -0.2) is 52.8 Å². The highest BCUT2D eigenvalue weighted by Gasteiger charge is 2.22. The van der Waals surface area contributed by atoms with E-state index in [1.165, 1.54) is 0 Å². The second kappa shape index (κ2) is 9.92. The predicted octanol–water partition coefficient (Wildman–Crippen LogP) is 2.02. The Hall–Kier alpha value is -1.09. The molecule has 6 nitrogen and oxygen atoms in total. The van der Waals surface area contributed by atoms with E-state index in [2.05, 4.69) is 20.2 Å². The number of β-amino-alcohol motifs (C(OH)–C–C–N with tert-alkyl or cyclic N) is 1. The zero-order chi connectivity index (χ0) is 15.9. The van der Waals surface area contributed by atoms with E-state index in [0.717, 1.165) is 31.0 Å². The predicted molar refractivity (Wildman–Crippen MR) is 102 cm³/mol. The van der Waals surface area contributed by atoms with Crippen LogP contribution >= 0.6 is 24.0 Å². The number of hydrogen-bond donors (Lipinski definition) is 2. The summed E-state index contributed by atoms with van der Waals surface area (Å²) in [7, 11) is 0. The van der Waals surface area contributed by atoms with Gasteiger partial charge in [-0.15, -0.1) is 24.0 Å². The van der Waals surface area contributed by atoms with Gasteiger partial charge in [0.15, 0.2) is 5.96 Å². The Balaban J connectivity index is 0.00000264. The van der Waals surface area contributed by atoms with Gasteiger partial charge in [-0.1, -0.05) is 6.07 Å². The van der Waals surface area contributed by atoms with Crippen molar-refractivity contribution in [1.82, 2.24) is 15.2 Å². The van der Waals surface area contributed by atoms with Crippen molar-refractivity contribution in [3.8, 4) is 5.88 Å². The summed E-state index contributed by atoms with van der Waals surface area (Å²) in [6, 6.07) is 3.86. The first-order chi connectivity index (χ1) is 10.6. The van der Waals surface area contributed by atoms with E-state index in [4.69, 9.17) is 4.74 Å². The number of guanidine groups is 1. The van der Waals surface area contributed by atoms with E-state index in [-0.39, 0.29) is 36.2 Å². The molecule has 130 valence electrons. The van der Waals surface area contributed by atoms with Crippen LogP contribution in [0, 0.1) is 0 Å². The monoisotopic (exact) mass is 434 g/mol. The minimum absolute atomic E-state index is 0. The summed E-state index contributed by atoms with van der Waals surface area (Å²) in [5.74, 6) is 1.49. The number of aromatic nitrogens is 1. The Morgan fingerprint density at radius 1 is 1.52 bits per heavy atom. The van der Waals surface area contributed by atoms with Crippen molar-refractivity contribution < 1.29 is 9.84 Å². The number of ether oxygens (including phenoxy) is 1. The summed E-state index contributed by atoms with van der Waals surface area (Å²) in [6.45, 7) is 8.86. The Morgan fingerprint density at radius 3 is 2.83 bits per heavy atom. The second-order valence-corrected chi connectivity index (χ2v) is 5.73. The van der Waals surface area contributed by atoms with Gasteiger partial charge in [0.25, 0.3) is 0 Å². The molecule has 0 radical (unpaired) electrons. The Kier molecular flexibility index (Phi) is 8.60. The van der Waals surface area contributed by atoms with Crippen LogP contribution in [-0.2, 0) is 6.54 Å². The Labute approximate surface area is 155 Å². The van der Waals surface area contributed by atoms with Gasteiger partial charge >= 0.3 is 0 Å². The molecule has 23 heavy (non-hydrogen) atoms. The lowest BCUT2D eigenvalue weighted by atomic mass is 10.3. The maximum absolute atomic E-state index is 9.66. The molecule has 2 rings (SSSR count). The molecule has 0 aliphatic carbocycles. The molecule has 1 aromatic rings. The molecule has 1 aliphatic rings. The van der Waals surface area contributed by atoms with Gasteiger partial charge in [0, 0.05) is 31.9 Å². The van der Waals surface area contributed by atoms with Gasteiger partial charge in [-0.3, -0.25) is 0 Å². The van der Waals surface area contributed by atoms with Crippen molar-refractivity contribution in [2.75, 3.05) is 19.6 Å². The quantitative estimate of drug-likeness (QED) is 0.422. The minimum Gasteiger partial charge on any atom is -0.475 e. The first kappa shape index (κ1) is 20.0.